The van der Waals surface area contributed by atoms with Gasteiger partial charge in [-0.15, -0.1) is 0 Å². The van der Waals surface area contributed by atoms with Crippen LogP contribution in [-0.2, 0) is 23.3 Å². The number of fused-ring (bicyclic) bond motifs is 1. The van der Waals surface area contributed by atoms with Crippen LogP contribution in [0.1, 0.15) is 35.5 Å². The van der Waals surface area contributed by atoms with Gasteiger partial charge in [0, 0.05) is 13.0 Å². The summed E-state index contributed by atoms with van der Waals surface area (Å²) in [6, 6.07) is 24.4. The number of H-pyrrole nitrogens is 1. The molecule has 0 saturated carbocycles. The number of imidazole rings is 1. The molecule has 2 atom stereocenters. The van der Waals surface area contributed by atoms with Gasteiger partial charge in [0.1, 0.15) is 17.1 Å². The zero-order valence-electron chi connectivity index (χ0n) is 18.4. The SMILES string of the molecule is C[C@@](N)(C(=O)N1Cc2ccccc2C[C@H]1c1ncc(-c2ccccc2)[nH]1)c1ccc(O)cc1. The summed E-state index contributed by atoms with van der Waals surface area (Å²) in [4.78, 5) is 23.8. The van der Waals surface area contributed by atoms with Crippen molar-refractivity contribution >= 4 is 5.91 Å². The predicted molar refractivity (Wildman–Crippen MR) is 127 cm³/mol. The van der Waals surface area contributed by atoms with E-state index in [1.807, 2.05) is 53.6 Å². The first-order valence-corrected chi connectivity index (χ1v) is 11.0. The Morgan fingerprint density at radius 3 is 2.42 bits per heavy atom. The largest absolute Gasteiger partial charge is 0.508 e. The van der Waals surface area contributed by atoms with E-state index >= 15 is 0 Å². The van der Waals surface area contributed by atoms with Crippen LogP contribution in [0, 0.1) is 0 Å². The summed E-state index contributed by atoms with van der Waals surface area (Å²) >= 11 is 0. The third-order valence-electron chi connectivity index (χ3n) is 6.42. The van der Waals surface area contributed by atoms with Crippen molar-refractivity contribution in [2.45, 2.75) is 31.5 Å². The number of amides is 1. The molecule has 1 aliphatic rings. The van der Waals surface area contributed by atoms with E-state index in [0.29, 0.717) is 18.5 Å². The first-order chi connectivity index (χ1) is 15.9. The van der Waals surface area contributed by atoms with Crippen LogP contribution in [0.4, 0.5) is 0 Å². The highest BCUT2D eigenvalue weighted by Crippen LogP contribution is 2.36. The van der Waals surface area contributed by atoms with Crippen molar-refractivity contribution in [1.82, 2.24) is 14.9 Å². The molecular formula is C27H26N4O2. The minimum atomic E-state index is -1.26. The second-order valence-electron chi connectivity index (χ2n) is 8.72. The second kappa shape index (κ2) is 8.22. The number of hydrogen-bond acceptors (Lipinski definition) is 4. The van der Waals surface area contributed by atoms with Gasteiger partial charge in [0.05, 0.1) is 17.9 Å². The van der Waals surface area contributed by atoms with E-state index in [0.717, 1.165) is 22.6 Å². The Labute approximate surface area is 192 Å². The Balaban J connectivity index is 1.53. The fourth-order valence-corrected chi connectivity index (χ4v) is 4.48. The Morgan fingerprint density at radius 2 is 1.70 bits per heavy atom. The monoisotopic (exact) mass is 438 g/mol. The Bertz CT molecular complexity index is 1280. The number of nitrogens with two attached hydrogens (primary N) is 1. The molecule has 4 aromatic rings. The number of nitrogens with one attached hydrogen (secondary N) is 1. The van der Waals surface area contributed by atoms with Gasteiger partial charge in [-0.2, -0.15) is 0 Å². The number of aromatic amines is 1. The summed E-state index contributed by atoms with van der Waals surface area (Å²) < 4.78 is 0. The summed E-state index contributed by atoms with van der Waals surface area (Å²) in [6.45, 7) is 2.17. The molecule has 0 spiro atoms. The van der Waals surface area contributed by atoms with Gasteiger partial charge in [0.15, 0.2) is 0 Å². The van der Waals surface area contributed by atoms with Crippen LogP contribution in [0.3, 0.4) is 0 Å². The summed E-state index contributed by atoms with van der Waals surface area (Å²) in [5.41, 5.74) is 10.3. The quantitative estimate of drug-likeness (QED) is 0.443. The Kier molecular flexibility index (Phi) is 5.23. The minimum Gasteiger partial charge on any atom is -0.508 e. The van der Waals surface area contributed by atoms with Crippen LogP contribution in [0.5, 0.6) is 5.75 Å². The van der Waals surface area contributed by atoms with Crippen LogP contribution in [0.2, 0.25) is 0 Å². The zero-order valence-corrected chi connectivity index (χ0v) is 18.4. The molecule has 4 N–H and O–H groups in total. The highest BCUT2D eigenvalue weighted by molar-refractivity contribution is 5.87. The maximum Gasteiger partial charge on any atom is 0.247 e. The fourth-order valence-electron chi connectivity index (χ4n) is 4.48. The predicted octanol–water partition coefficient (Wildman–Crippen LogP) is 4.28. The molecule has 5 rings (SSSR count). The van der Waals surface area contributed by atoms with Gasteiger partial charge in [0.2, 0.25) is 5.91 Å². The molecular weight excluding hydrogens is 412 g/mol. The average Bonchev–Trinajstić information content (AvgIpc) is 3.34. The molecule has 0 radical (unpaired) electrons. The van der Waals surface area contributed by atoms with Crippen LogP contribution in [-0.4, -0.2) is 25.9 Å². The lowest BCUT2D eigenvalue weighted by molar-refractivity contribution is -0.140. The van der Waals surface area contributed by atoms with E-state index in [9.17, 15) is 9.90 Å². The van der Waals surface area contributed by atoms with E-state index < -0.39 is 5.54 Å². The van der Waals surface area contributed by atoms with E-state index in [1.165, 1.54) is 5.56 Å². The topological polar surface area (TPSA) is 95.2 Å². The first-order valence-electron chi connectivity index (χ1n) is 11.0. The van der Waals surface area contributed by atoms with E-state index in [-0.39, 0.29) is 17.7 Å². The normalized spacial score (nSPS) is 17.3. The smallest absolute Gasteiger partial charge is 0.247 e. The van der Waals surface area contributed by atoms with E-state index in [2.05, 4.69) is 22.1 Å². The third-order valence-corrected chi connectivity index (χ3v) is 6.42. The lowest BCUT2D eigenvalue weighted by Gasteiger charge is -2.40. The number of phenols is 1. The van der Waals surface area contributed by atoms with Crippen LogP contribution < -0.4 is 5.73 Å². The van der Waals surface area contributed by atoms with Crippen molar-refractivity contribution in [3.63, 3.8) is 0 Å². The number of aromatic nitrogens is 2. The van der Waals surface area contributed by atoms with Gasteiger partial charge in [-0.05, 0) is 41.3 Å². The summed E-state index contributed by atoms with van der Waals surface area (Å²) in [5, 5.41) is 9.66. The molecule has 0 saturated heterocycles. The molecule has 3 aromatic carbocycles. The standard InChI is InChI=1S/C27H26N4O2/c1-27(28,21-11-13-22(32)14-12-21)26(33)31-17-20-10-6-5-9-19(20)15-24(31)25-29-16-23(30-25)18-7-3-2-4-8-18/h2-14,16,24,32H,15,17,28H2,1H3,(H,29,30)/t24-,27-/m0/s1. The molecule has 2 heterocycles. The molecule has 6 heteroatoms. The van der Waals surface area contributed by atoms with Crippen molar-refractivity contribution in [2.24, 2.45) is 5.73 Å². The van der Waals surface area contributed by atoms with Gasteiger partial charge in [-0.1, -0.05) is 66.7 Å². The molecule has 1 aliphatic heterocycles. The van der Waals surface area contributed by atoms with E-state index in [4.69, 9.17) is 5.73 Å². The molecule has 33 heavy (non-hydrogen) atoms. The number of hydrogen-bond donors (Lipinski definition) is 3. The summed E-state index contributed by atoms with van der Waals surface area (Å²) in [7, 11) is 0. The van der Waals surface area contributed by atoms with Crippen molar-refractivity contribution in [3.8, 4) is 17.0 Å². The van der Waals surface area contributed by atoms with E-state index in [1.54, 1.807) is 31.2 Å². The second-order valence-corrected chi connectivity index (χ2v) is 8.72. The first kappa shape index (κ1) is 21.0. The highest BCUT2D eigenvalue weighted by Gasteiger charge is 2.41. The lowest BCUT2D eigenvalue weighted by Crippen LogP contribution is -2.53. The molecule has 0 aliphatic carbocycles. The number of nitrogens with zero attached hydrogens (tertiary/aromatic N) is 2. The minimum absolute atomic E-state index is 0.135. The molecule has 166 valence electrons. The van der Waals surface area contributed by atoms with Gasteiger partial charge in [0.25, 0.3) is 0 Å². The van der Waals surface area contributed by atoms with Gasteiger partial charge < -0.3 is 20.7 Å². The molecule has 1 amide bonds. The van der Waals surface area contributed by atoms with Crippen molar-refractivity contribution < 1.29 is 9.90 Å². The van der Waals surface area contributed by atoms with Gasteiger partial charge in [-0.25, -0.2) is 4.98 Å². The van der Waals surface area contributed by atoms with Crippen LogP contribution >= 0.6 is 0 Å². The Hall–Kier alpha value is -3.90. The number of carbonyl (C=O) groups is 1. The number of phenolic OH excluding ortho intramolecular Hbond substituents is 1. The molecule has 1 aromatic heterocycles. The zero-order chi connectivity index (χ0) is 23.0. The fraction of sp³-hybridized carbons (Fsp3) is 0.185. The maximum atomic E-state index is 13.9. The number of rotatable bonds is 4. The molecule has 6 nitrogen and oxygen atoms in total. The molecule has 0 unspecified atom stereocenters. The number of aromatic hydroxyl groups is 1. The summed E-state index contributed by atoms with van der Waals surface area (Å²) in [5.74, 6) is 0.680. The maximum absolute atomic E-state index is 13.9. The van der Waals surface area contributed by atoms with Crippen LogP contribution in [0.15, 0.2) is 85.1 Å². The van der Waals surface area contributed by atoms with Gasteiger partial charge >= 0.3 is 0 Å². The van der Waals surface area contributed by atoms with Crippen molar-refractivity contribution in [1.29, 1.82) is 0 Å². The molecule has 0 bridgehead atoms. The molecule has 0 fully saturated rings. The Morgan fingerprint density at radius 1 is 1.03 bits per heavy atom. The number of benzene rings is 3. The lowest BCUT2D eigenvalue weighted by atomic mass is 9.87. The average molecular weight is 439 g/mol. The third kappa shape index (κ3) is 3.90. The van der Waals surface area contributed by atoms with Crippen molar-refractivity contribution in [3.05, 3.63) is 108 Å². The van der Waals surface area contributed by atoms with Crippen molar-refractivity contribution in [2.75, 3.05) is 0 Å². The summed E-state index contributed by atoms with van der Waals surface area (Å²) in [6.07, 6.45) is 2.46. The van der Waals surface area contributed by atoms with Gasteiger partial charge in [-0.3, -0.25) is 4.79 Å². The van der Waals surface area contributed by atoms with Crippen LogP contribution in [0.25, 0.3) is 11.3 Å². The highest BCUT2D eigenvalue weighted by atomic mass is 16.3. The number of carbonyl (C=O) groups excluding carboxylic acids is 1.